The quantitative estimate of drug-likeness (QED) is 0.419. The molecule has 0 aliphatic carbocycles. The van der Waals surface area contributed by atoms with Gasteiger partial charge in [0, 0.05) is 31.0 Å². The maximum atomic E-state index is 12.9. The zero-order valence-electron chi connectivity index (χ0n) is 11.9. The molecule has 0 fully saturated rings. The molecule has 1 aromatic carbocycles. The van der Waals surface area contributed by atoms with Crippen molar-refractivity contribution in [2.45, 2.75) is 39.0 Å². The Morgan fingerprint density at radius 3 is 2.14 bits per heavy atom. The molecule has 6 heteroatoms. The van der Waals surface area contributed by atoms with E-state index < -0.39 is 17.6 Å². The van der Waals surface area contributed by atoms with Crippen molar-refractivity contribution >= 4 is 11.9 Å². The predicted octanol–water partition coefficient (Wildman–Crippen LogP) is 3.38. The van der Waals surface area contributed by atoms with Gasteiger partial charge in [-0.2, -0.15) is 0 Å². The second kappa shape index (κ2) is 9.05. The minimum atomic E-state index is -0.809. The van der Waals surface area contributed by atoms with Gasteiger partial charge in [0.1, 0.15) is 17.4 Å². The van der Waals surface area contributed by atoms with Crippen molar-refractivity contribution < 1.29 is 27.8 Å². The summed E-state index contributed by atoms with van der Waals surface area (Å²) in [5.74, 6) is -2.67. The molecule has 21 heavy (non-hydrogen) atoms. The normalized spacial score (nSPS) is 10.2. The SMILES string of the molecule is CCCOC(=O)CCCCC(=O)Oc1cc(F)cc(F)c1. The molecular weight excluding hydrogens is 282 g/mol. The van der Waals surface area contributed by atoms with Crippen LogP contribution in [0.25, 0.3) is 0 Å². The number of ether oxygens (including phenoxy) is 2. The second-order valence-corrected chi connectivity index (χ2v) is 4.51. The first-order chi connectivity index (χ1) is 10.0. The van der Waals surface area contributed by atoms with Crippen LogP contribution in [0.4, 0.5) is 8.78 Å². The third kappa shape index (κ3) is 7.39. The molecule has 0 atom stereocenters. The van der Waals surface area contributed by atoms with E-state index in [4.69, 9.17) is 9.47 Å². The Morgan fingerprint density at radius 1 is 1.00 bits per heavy atom. The molecule has 1 aromatic rings. The van der Waals surface area contributed by atoms with Crippen molar-refractivity contribution in [2.75, 3.05) is 6.61 Å². The summed E-state index contributed by atoms with van der Waals surface area (Å²) < 4.78 is 35.5. The van der Waals surface area contributed by atoms with E-state index >= 15 is 0 Å². The summed E-state index contributed by atoms with van der Waals surface area (Å²) in [6, 6.07) is 2.56. The smallest absolute Gasteiger partial charge is 0.311 e. The van der Waals surface area contributed by atoms with Crippen LogP contribution in [-0.2, 0) is 14.3 Å². The highest BCUT2D eigenvalue weighted by Gasteiger charge is 2.09. The molecule has 1 rings (SSSR count). The van der Waals surface area contributed by atoms with Gasteiger partial charge >= 0.3 is 11.9 Å². The number of unbranched alkanes of at least 4 members (excludes halogenated alkanes) is 1. The highest BCUT2D eigenvalue weighted by molar-refractivity contribution is 5.72. The number of esters is 2. The standard InChI is InChI=1S/C15H18F2O4/c1-2-7-20-14(18)5-3-4-6-15(19)21-13-9-11(16)8-12(17)10-13/h8-10H,2-7H2,1H3. The molecule has 0 aliphatic rings. The molecule has 0 N–H and O–H groups in total. The van der Waals surface area contributed by atoms with Gasteiger partial charge in [-0.3, -0.25) is 9.59 Å². The number of benzene rings is 1. The van der Waals surface area contributed by atoms with E-state index in [1.165, 1.54) is 0 Å². The lowest BCUT2D eigenvalue weighted by Crippen LogP contribution is -2.09. The van der Waals surface area contributed by atoms with Gasteiger partial charge in [-0.1, -0.05) is 6.92 Å². The van der Waals surface area contributed by atoms with E-state index in [9.17, 15) is 18.4 Å². The van der Waals surface area contributed by atoms with Crippen LogP contribution in [0.3, 0.4) is 0 Å². The van der Waals surface area contributed by atoms with Crippen LogP contribution < -0.4 is 4.74 Å². The number of hydrogen-bond donors (Lipinski definition) is 0. The largest absolute Gasteiger partial charge is 0.466 e. The first kappa shape index (κ1) is 17.1. The highest BCUT2D eigenvalue weighted by Crippen LogP contribution is 2.16. The molecule has 4 nitrogen and oxygen atoms in total. The van der Waals surface area contributed by atoms with Crippen LogP contribution in [0, 0.1) is 11.6 Å². The molecule has 0 heterocycles. The van der Waals surface area contributed by atoms with Crippen molar-refractivity contribution in [2.24, 2.45) is 0 Å². The number of hydrogen-bond acceptors (Lipinski definition) is 4. The van der Waals surface area contributed by atoms with E-state index in [0.29, 0.717) is 25.5 Å². The lowest BCUT2D eigenvalue weighted by Gasteiger charge is -2.05. The second-order valence-electron chi connectivity index (χ2n) is 4.51. The van der Waals surface area contributed by atoms with Crippen LogP contribution in [0.5, 0.6) is 5.75 Å². The Kier molecular flexibility index (Phi) is 7.36. The molecule has 0 unspecified atom stereocenters. The van der Waals surface area contributed by atoms with Gasteiger partial charge in [0.25, 0.3) is 0 Å². The van der Waals surface area contributed by atoms with E-state index in [-0.39, 0.29) is 24.6 Å². The van der Waals surface area contributed by atoms with Gasteiger partial charge in [-0.05, 0) is 19.3 Å². The Balaban J connectivity index is 2.23. The summed E-state index contributed by atoms with van der Waals surface area (Å²) in [6.07, 6.45) is 2.01. The van der Waals surface area contributed by atoms with Crippen molar-refractivity contribution in [3.05, 3.63) is 29.8 Å². The van der Waals surface area contributed by atoms with Crippen LogP contribution in [0.1, 0.15) is 39.0 Å². The molecule has 0 saturated heterocycles. The number of carbonyl (C=O) groups excluding carboxylic acids is 2. The molecule has 0 radical (unpaired) electrons. The third-order valence-corrected chi connectivity index (χ3v) is 2.55. The Labute approximate surface area is 122 Å². The summed E-state index contributed by atoms with van der Waals surface area (Å²) in [6.45, 7) is 2.30. The summed E-state index contributed by atoms with van der Waals surface area (Å²) in [5, 5.41) is 0. The number of rotatable bonds is 8. The van der Waals surface area contributed by atoms with E-state index in [2.05, 4.69) is 0 Å². The Hall–Kier alpha value is -1.98. The molecule has 0 amide bonds. The van der Waals surface area contributed by atoms with Gasteiger partial charge in [-0.25, -0.2) is 8.78 Å². The van der Waals surface area contributed by atoms with Gasteiger partial charge in [0.2, 0.25) is 0 Å². The minimum absolute atomic E-state index is 0.0686. The molecule has 0 saturated carbocycles. The molecule has 0 bridgehead atoms. The fourth-order valence-electron chi connectivity index (χ4n) is 1.60. The zero-order valence-corrected chi connectivity index (χ0v) is 11.9. The van der Waals surface area contributed by atoms with Crippen molar-refractivity contribution in [3.8, 4) is 5.75 Å². The summed E-state index contributed by atoms with van der Waals surface area (Å²) in [5.41, 5.74) is 0. The van der Waals surface area contributed by atoms with Crippen molar-refractivity contribution in [1.29, 1.82) is 0 Å². The predicted molar refractivity (Wildman–Crippen MR) is 71.7 cm³/mol. The van der Waals surface area contributed by atoms with Crippen molar-refractivity contribution in [3.63, 3.8) is 0 Å². The monoisotopic (exact) mass is 300 g/mol. The topological polar surface area (TPSA) is 52.6 Å². The minimum Gasteiger partial charge on any atom is -0.466 e. The average molecular weight is 300 g/mol. The fourth-order valence-corrected chi connectivity index (χ4v) is 1.60. The van der Waals surface area contributed by atoms with Gasteiger partial charge in [0.05, 0.1) is 6.61 Å². The van der Waals surface area contributed by atoms with Gasteiger partial charge in [-0.15, -0.1) is 0 Å². The molecule has 0 aliphatic heterocycles. The summed E-state index contributed by atoms with van der Waals surface area (Å²) in [7, 11) is 0. The van der Waals surface area contributed by atoms with Crippen LogP contribution in [0.15, 0.2) is 18.2 Å². The maximum absolute atomic E-state index is 12.9. The molecular formula is C15H18F2O4. The van der Waals surface area contributed by atoms with Crippen LogP contribution in [0.2, 0.25) is 0 Å². The molecule has 116 valence electrons. The molecule has 0 aromatic heterocycles. The lowest BCUT2D eigenvalue weighted by atomic mass is 10.2. The first-order valence-corrected chi connectivity index (χ1v) is 6.83. The zero-order chi connectivity index (χ0) is 15.7. The average Bonchev–Trinajstić information content (AvgIpc) is 2.40. The van der Waals surface area contributed by atoms with Crippen LogP contribution >= 0.6 is 0 Å². The number of carbonyl (C=O) groups is 2. The maximum Gasteiger partial charge on any atom is 0.311 e. The van der Waals surface area contributed by atoms with E-state index in [1.807, 2.05) is 6.92 Å². The Bertz CT molecular complexity index is 468. The molecule has 0 spiro atoms. The summed E-state index contributed by atoms with van der Waals surface area (Å²) in [4.78, 5) is 22.7. The third-order valence-electron chi connectivity index (χ3n) is 2.55. The van der Waals surface area contributed by atoms with Crippen LogP contribution in [-0.4, -0.2) is 18.5 Å². The van der Waals surface area contributed by atoms with Gasteiger partial charge in [0.15, 0.2) is 0 Å². The summed E-state index contributed by atoms with van der Waals surface area (Å²) >= 11 is 0. The highest BCUT2D eigenvalue weighted by atomic mass is 19.1. The van der Waals surface area contributed by atoms with E-state index in [1.54, 1.807) is 0 Å². The number of halogens is 2. The van der Waals surface area contributed by atoms with E-state index in [0.717, 1.165) is 18.6 Å². The lowest BCUT2D eigenvalue weighted by molar-refractivity contribution is -0.144. The van der Waals surface area contributed by atoms with Crippen molar-refractivity contribution in [1.82, 2.24) is 0 Å². The Morgan fingerprint density at radius 2 is 1.57 bits per heavy atom. The van der Waals surface area contributed by atoms with Gasteiger partial charge < -0.3 is 9.47 Å². The first-order valence-electron chi connectivity index (χ1n) is 6.83. The fraction of sp³-hybridized carbons (Fsp3) is 0.467.